The Morgan fingerprint density at radius 2 is 2.33 bits per heavy atom. The van der Waals surface area contributed by atoms with Crippen LogP contribution in [-0.4, -0.2) is 41.4 Å². The minimum Gasteiger partial charge on any atom is -0.319 e. The molecular weight excluding hydrogens is 248 g/mol. The first kappa shape index (κ1) is 15.5. The summed E-state index contributed by atoms with van der Waals surface area (Å²) in [5.74, 6) is 0.815. The van der Waals surface area contributed by atoms with Crippen molar-refractivity contribution in [1.29, 1.82) is 0 Å². The van der Waals surface area contributed by atoms with Gasteiger partial charge < -0.3 is 5.32 Å². The van der Waals surface area contributed by atoms with Crippen LogP contribution in [0.25, 0.3) is 0 Å². The van der Waals surface area contributed by atoms with Crippen LogP contribution in [0.2, 0.25) is 0 Å². The molecule has 1 unspecified atom stereocenters. The summed E-state index contributed by atoms with van der Waals surface area (Å²) in [4.78, 5) is 2.56. The highest BCUT2D eigenvalue weighted by molar-refractivity contribution is 5.85. The number of likely N-dealkylation sites (tertiary alicyclic amines) is 1. The Bertz CT molecular complexity index is 337. The van der Waals surface area contributed by atoms with Gasteiger partial charge in [0.05, 0.1) is 6.20 Å². The normalized spacial score (nSPS) is 20.7. The van der Waals surface area contributed by atoms with Gasteiger partial charge in [0.15, 0.2) is 0 Å². The van der Waals surface area contributed by atoms with E-state index in [4.69, 9.17) is 0 Å². The molecule has 1 saturated heterocycles. The van der Waals surface area contributed by atoms with Gasteiger partial charge in [0.25, 0.3) is 0 Å². The smallest absolute Gasteiger partial charge is 0.0534 e. The first-order valence-electron chi connectivity index (χ1n) is 6.70. The van der Waals surface area contributed by atoms with Crippen LogP contribution in [0.4, 0.5) is 0 Å². The molecule has 5 heteroatoms. The SMILES string of the molecule is CCn1cc(CN2CCCC(CNC)C2)cn1.Cl. The van der Waals surface area contributed by atoms with Crippen molar-refractivity contribution in [2.24, 2.45) is 5.92 Å². The molecule has 0 aliphatic carbocycles. The van der Waals surface area contributed by atoms with Crippen LogP contribution in [-0.2, 0) is 13.1 Å². The van der Waals surface area contributed by atoms with E-state index in [1.165, 1.54) is 31.5 Å². The van der Waals surface area contributed by atoms with E-state index in [0.29, 0.717) is 0 Å². The maximum Gasteiger partial charge on any atom is 0.0534 e. The lowest BCUT2D eigenvalue weighted by atomic mass is 9.98. The third-order valence-corrected chi connectivity index (χ3v) is 3.51. The lowest BCUT2D eigenvalue weighted by molar-refractivity contribution is 0.167. The van der Waals surface area contributed by atoms with Gasteiger partial charge in [-0.15, -0.1) is 12.4 Å². The molecule has 1 N–H and O–H groups in total. The molecule has 0 spiro atoms. The molecule has 0 amide bonds. The van der Waals surface area contributed by atoms with E-state index in [1.807, 2.05) is 17.9 Å². The molecule has 4 nitrogen and oxygen atoms in total. The zero-order chi connectivity index (χ0) is 12.1. The fourth-order valence-corrected chi connectivity index (χ4v) is 2.67. The number of rotatable bonds is 5. The van der Waals surface area contributed by atoms with Crippen LogP contribution < -0.4 is 5.32 Å². The molecule has 1 aliphatic heterocycles. The van der Waals surface area contributed by atoms with Crippen LogP contribution >= 0.6 is 12.4 Å². The molecule has 0 aromatic carbocycles. The van der Waals surface area contributed by atoms with Gasteiger partial charge in [0.2, 0.25) is 0 Å². The van der Waals surface area contributed by atoms with Crippen LogP contribution in [0.5, 0.6) is 0 Å². The molecule has 1 fully saturated rings. The Morgan fingerprint density at radius 1 is 1.50 bits per heavy atom. The standard InChI is InChI=1S/C13H24N4.ClH/c1-3-17-11-13(8-15-17)10-16-6-4-5-12(9-16)7-14-2;/h8,11-12,14H,3-7,9-10H2,1-2H3;1H. The van der Waals surface area contributed by atoms with Gasteiger partial charge >= 0.3 is 0 Å². The summed E-state index contributed by atoms with van der Waals surface area (Å²) in [5, 5.41) is 7.63. The van der Waals surface area contributed by atoms with Gasteiger partial charge in [-0.3, -0.25) is 9.58 Å². The van der Waals surface area contributed by atoms with Crippen molar-refractivity contribution in [2.45, 2.75) is 32.9 Å². The van der Waals surface area contributed by atoms with Crippen LogP contribution in [0.15, 0.2) is 12.4 Å². The molecule has 1 aromatic heterocycles. The summed E-state index contributed by atoms with van der Waals surface area (Å²) in [6.07, 6.45) is 6.87. The van der Waals surface area contributed by atoms with E-state index in [2.05, 4.69) is 28.4 Å². The van der Waals surface area contributed by atoms with Crippen LogP contribution in [0.3, 0.4) is 0 Å². The van der Waals surface area contributed by atoms with Crippen molar-refractivity contribution in [3.05, 3.63) is 18.0 Å². The third kappa shape index (κ3) is 4.26. The van der Waals surface area contributed by atoms with Gasteiger partial charge in [-0.1, -0.05) is 0 Å². The number of piperidine rings is 1. The molecule has 1 atom stereocenters. The summed E-state index contributed by atoms with van der Waals surface area (Å²) in [6.45, 7) is 7.74. The Balaban J connectivity index is 0.00000162. The van der Waals surface area contributed by atoms with E-state index < -0.39 is 0 Å². The Hall–Kier alpha value is -0.580. The topological polar surface area (TPSA) is 33.1 Å². The summed E-state index contributed by atoms with van der Waals surface area (Å²) in [6, 6.07) is 0. The minimum atomic E-state index is 0. The maximum atomic E-state index is 4.33. The van der Waals surface area contributed by atoms with Crippen molar-refractivity contribution in [1.82, 2.24) is 20.0 Å². The number of hydrogen-bond donors (Lipinski definition) is 1. The average Bonchev–Trinajstić information content (AvgIpc) is 2.78. The monoisotopic (exact) mass is 272 g/mol. The number of hydrogen-bond acceptors (Lipinski definition) is 3. The predicted molar refractivity (Wildman–Crippen MR) is 77.1 cm³/mol. The van der Waals surface area contributed by atoms with Gasteiger partial charge in [0, 0.05) is 31.4 Å². The second-order valence-electron chi connectivity index (χ2n) is 5.01. The highest BCUT2D eigenvalue weighted by atomic mass is 35.5. The second-order valence-corrected chi connectivity index (χ2v) is 5.01. The first-order chi connectivity index (χ1) is 8.31. The van der Waals surface area contributed by atoms with E-state index in [-0.39, 0.29) is 12.4 Å². The van der Waals surface area contributed by atoms with Crippen molar-refractivity contribution in [2.75, 3.05) is 26.7 Å². The predicted octanol–water partition coefficient (Wildman–Crippen LogP) is 1.76. The first-order valence-corrected chi connectivity index (χ1v) is 6.70. The highest BCUT2D eigenvalue weighted by Gasteiger charge is 2.19. The molecule has 104 valence electrons. The van der Waals surface area contributed by atoms with E-state index in [9.17, 15) is 0 Å². The number of aryl methyl sites for hydroxylation is 1. The molecule has 1 aliphatic rings. The molecular formula is C13H25ClN4. The largest absolute Gasteiger partial charge is 0.319 e. The van der Waals surface area contributed by atoms with E-state index in [1.54, 1.807) is 0 Å². The summed E-state index contributed by atoms with van der Waals surface area (Å²) >= 11 is 0. The number of nitrogens with one attached hydrogen (secondary N) is 1. The molecule has 0 radical (unpaired) electrons. The van der Waals surface area contributed by atoms with Crippen LogP contribution in [0.1, 0.15) is 25.3 Å². The molecule has 0 saturated carbocycles. The lowest BCUT2D eigenvalue weighted by Gasteiger charge is -2.32. The summed E-state index contributed by atoms with van der Waals surface area (Å²) in [5.41, 5.74) is 1.34. The fraction of sp³-hybridized carbons (Fsp3) is 0.769. The van der Waals surface area contributed by atoms with E-state index in [0.717, 1.165) is 25.6 Å². The molecule has 1 aromatic rings. The van der Waals surface area contributed by atoms with Gasteiger partial charge in [0.1, 0.15) is 0 Å². The number of halogens is 1. The minimum absolute atomic E-state index is 0. The Morgan fingerprint density at radius 3 is 3.00 bits per heavy atom. The van der Waals surface area contributed by atoms with Crippen molar-refractivity contribution in [3.63, 3.8) is 0 Å². The highest BCUT2D eigenvalue weighted by Crippen LogP contribution is 2.17. The molecule has 2 rings (SSSR count). The maximum absolute atomic E-state index is 4.33. The number of nitrogens with zero attached hydrogens (tertiary/aromatic N) is 3. The summed E-state index contributed by atoms with van der Waals surface area (Å²) < 4.78 is 2.00. The zero-order valence-electron chi connectivity index (χ0n) is 11.4. The molecule has 2 heterocycles. The van der Waals surface area contributed by atoms with Gasteiger partial charge in [-0.2, -0.15) is 5.10 Å². The van der Waals surface area contributed by atoms with Crippen LogP contribution in [0, 0.1) is 5.92 Å². The second kappa shape index (κ2) is 7.77. The van der Waals surface area contributed by atoms with Gasteiger partial charge in [-0.25, -0.2) is 0 Å². The Labute approximate surface area is 116 Å². The van der Waals surface area contributed by atoms with E-state index >= 15 is 0 Å². The third-order valence-electron chi connectivity index (χ3n) is 3.51. The van der Waals surface area contributed by atoms with Crippen molar-refractivity contribution in [3.8, 4) is 0 Å². The van der Waals surface area contributed by atoms with Crippen molar-refractivity contribution >= 4 is 12.4 Å². The molecule has 0 bridgehead atoms. The quantitative estimate of drug-likeness (QED) is 0.887. The Kier molecular flexibility index (Phi) is 6.68. The molecule has 18 heavy (non-hydrogen) atoms. The summed E-state index contributed by atoms with van der Waals surface area (Å²) in [7, 11) is 2.05. The lowest BCUT2D eigenvalue weighted by Crippen LogP contribution is -2.38. The van der Waals surface area contributed by atoms with Gasteiger partial charge in [-0.05, 0) is 45.8 Å². The zero-order valence-corrected chi connectivity index (χ0v) is 12.2. The van der Waals surface area contributed by atoms with Crippen molar-refractivity contribution < 1.29 is 0 Å². The number of aromatic nitrogens is 2. The average molecular weight is 273 g/mol. The fourth-order valence-electron chi connectivity index (χ4n) is 2.67.